The lowest BCUT2D eigenvalue weighted by Crippen LogP contribution is -2.37. The maximum absolute atomic E-state index is 6.28. The van der Waals surface area contributed by atoms with Gasteiger partial charge in [0.1, 0.15) is 0 Å². The highest BCUT2D eigenvalue weighted by Gasteiger charge is 2.15. The van der Waals surface area contributed by atoms with Crippen LogP contribution in [0, 0.1) is 6.92 Å². The maximum atomic E-state index is 6.28. The Morgan fingerprint density at radius 2 is 1.95 bits per heavy atom. The molecule has 3 heteroatoms. The van der Waals surface area contributed by atoms with Gasteiger partial charge in [-0.25, -0.2) is 0 Å². The largest absolute Gasteiger partial charge is 0.379 e. The van der Waals surface area contributed by atoms with Crippen LogP contribution < -0.4 is 0 Å². The van der Waals surface area contributed by atoms with Crippen LogP contribution in [0.4, 0.5) is 0 Å². The molecule has 1 aromatic rings. The van der Waals surface area contributed by atoms with E-state index in [9.17, 15) is 0 Å². The molecular weight excluding hydrogens is 258 g/mol. The first-order valence-electron chi connectivity index (χ1n) is 7.17. The Bertz CT molecular complexity index is 425. The molecule has 2 nitrogen and oxygen atoms in total. The Morgan fingerprint density at radius 1 is 1.26 bits per heavy atom. The molecule has 1 aliphatic rings. The molecule has 0 N–H and O–H groups in total. The Hall–Kier alpha value is -0.570. The lowest BCUT2D eigenvalue weighted by Gasteiger charge is -2.27. The third-order valence-electron chi connectivity index (χ3n) is 3.97. The van der Waals surface area contributed by atoms with Crippen LogP contribution in [0.1, 0.15) is 36.5 Å². The number of morpholine rings is 1. The maximum Gasteiger partial charge on any atom is 0.0594 e. The first-order chi connectivity index (χ1) is 9.09. The molecule has 0 radical (unpaired) electrons. The van der Waals surface area contributed by atoms with Gasteiger partial charge in [-0.3, -0.25) is 4.90 Å². The van der Waals surface area contributed by atoms with Crippen LogP contribution in [0.3, 0.4) is 0 Å². The first kappa shape index (κ1) is 14.8. The van der Waals surface area contributed by atoms with Crippen molar-refractivity contribution in [1.29, 1.82) is 0 Å². The Morgan fingerprint density at radius 3 is 2.58 bits per heavy atom. The predicted octanol–water partition coefficient (Wildman–Crippen LogP) is 3.65. The molecule has 0 atom stereocenters. The molecule has 0 aromatic heterocycles. The van der Waals surface area contributed by atoms with Crippen LogP contribution >= 0.6 is 11.6 Å². The molecule has 1 aliphatic heterocycles. The van der Waals surface area contributed by atoms with Crippen LogP contribution in [-0.4, -0.2) is 37.7 Å². The third kappa shape index (κ3) is 3.71. The van der Waals surface area contributed by atoms with E-state index in [1.165, 1.54) is 16.7 Å². The van der Waals surface area contributed by atoms with E-state index < -0.39 is 0 Å². The van der Waals surface area contributed by atoms with Gasteiger partial charge < -0.3 is 4.74 Å². The van der Waals surface area contributed by atoms with Crippen LogP contribution in [-0.2, 0) is 11.2 Å². The average Bonchev–Trinajstić information content (AvgIpc) is 2.41. The van der Waals surface area contributed by atoms with Gasteiger partial charge in [0.2, 0.25) is 0 Å². The van der Waals surface area contributed by atoms with Gasteiger partial charge >= 0.3 is 0 Å². The van der Waals surface area contributed by atoms with Crippen molar-refractivity contribution in [3.05, 3.63) is 33.8 Å². The molecule has 1 fully saturated rings. The van der Waals surface area contributed by atoms with E-state index in [0.29, 0.717) is 5.92 Å². The minimum atomic E-state index is 0.552. The molecule has 0 saturated carbocycles. The van der Waals surface area contributed by atoms with E-state index >= 15 is 0 Å². The molecule has 1 heterocycles. The van der Waals surface area contributed by atoms with Gasteiger partial charge in [0.25, 0.3) is 0 Å². The van der Waals surface area contributed by atoms with Crippen LogP contribution in [0.2, 0.25) is 5.02 Å². The molecule has 19 heavy (non-hydrogen) atoms. The van der Waals surface area contributed by atoms with Crippen molar-refractivity contribution in [3.63, 3.8) is 0 Å². The van der Waals surface area contributed by atoms with Gasteiger partial charge in [-0.15, -0.1) is 0 Å². The summed E-state index contributed by atoms with van der Waals surface area (Å²) in [5.41, 5.74) is 4.13. The number of hydrogen-bond donors (Lipinski definition) is 0. The van der Waals surface area contributed by atoms with Crippen molar-refractivity contribution < 1.29 is 4.74 Å². The lowest BCUT2D eigenvalue weighted by molar-refractivity contribution is 0.0384. The zero-order chi connectivity index (χ0) is 13.8. The van der Waals surface area contributed by atoms with Gasteiger partial charge in [-0.2, -0.15) is 0 Å². The molecule has 106 valence electrons. The van der Waals surface area contributed by atoms with E-state index in [1.807, 2.05) is 6.07 Å². The zero-order valence-corrected chi connectivity index (χ0v) is 13.0. The van der Waals surface area contributed by atoms with Crippen LogP contribution in [0.5, 0.6) is 0 Å². The van der Waals surface area contributed by atoms with Gasteiger partial charge in [-0.05, 0) is 42.0 Å². The smallest absolute Gasteiger partial charge is 0.0594 e. The summed E-state index contributed by atoms with van der Waals surface area (Å²) < 4.78 is 5.39. The fourth-order valence-corrected chi connectivity index (χ4v) is 2.89. The van der Waals surface area contributed by atoms with Crippen molar-refractivity contribution in [3.8, 4) is 0 Å². The van der Waals surface area contributed by atoms with Gasteiger partial charge in [0.05, 0.1) is 13.2 Å². The van der Waals surface area contributed by atoms with Crippen LogP contribution in [0.25, 0.3) is 0 Å². The molecule has 0 bridgehead atoms. The van der Waals surface area contributed by atoms with E-state index in [2.05, 4.69) is 31.7 Å². The fourth-order valence-electron chi connectivity index (χ4n) is 2.72. The Kier molecular flexibility index (Phi) is 5.26. The minimum absolute atomic E-state index is 0.552. The number of halogens is 1. The molecule has 0 unspecified atom stereocenters. The Balaban J connectivity index is 2.11. The third-order valence-corrected chi connectivity index (χ3v) is 4.38. The van der Waals surface area contributed by atoms with Crippen molar-refractivity contribution >= 4 is 11.6 Å². The second-order valence-corrected chi connectivity index (χ2v) is 6.01. The number of hydrogen-bond acceptors (Lipinski definition) is 2. The number of rotatable bonds is 4. The molecule has 1 aromatic carbocycles. The average molecular weight is 282 g/mol. The quantitative estimate of drug-likeness (QED) is 0.835. The summed E-state index contributed by atoms with van der Waals surface area (Å²) in [6, 6.07) is 4.22. The van der Waals surface area contributed by atoms with Gasteiger partial charge in [0, 0.05) is 24.7 Å². The van der Waals surface area contributed by atoms with E-state index in [-0.39, 0.29) is 0 Å². The summed E-state index contributed by atoms with van der Waals surface area (Å²) in [7, 11) is 0. The molecular formula is C16H24ClNO. The predicted molar refractivity (Wildman–Crippen MR) is 81.2 cm³/mol. The molecule has 0 spiro atoms. The lowest BCUT2D eigenvalue weighted by atomic mass is 9.91. The summed E-state index contributed by atoms with van der Waals surface area (Å²) in [5, 5.41) is 0.890. The highest BCUT2D eigenvalue weighted by atomic mass is 35.5. The Labute approximate surface area is 121 Å². The second kappa shape index (κ2) is 6.74. The van der Waals surface area contributed by atoms with Gasteiger partial charge in [0.15, 0.2) is 0 Å². The van der Waals surface area contributed by atoms with Crippen molar-refractivity contribution in [1.82, 2.24) is 4.90 Å². The monoisotopic (exact) mass is 281 g/mol. The SMILES string of the molecule is Cc1c(Cl)ccc(C(C)C)c1CCN1CCOCC1. The van der Waals surface area contributed by atoms with Crippen molar-refractivity contribution in [2.45, 2.75) is 33.1 Å². The standard InChI is InChI=1S/C16H24ClNO/c1-12(2)14-4-5-16(17)13(3)15(14)6-7-18-8-10-19-11-9-18/h4-5,12H,6-11H2,1-3H3. The minimum Gasteiger partial charge on any atom is -0.379 e. The number of nitrogens with zero attached hydrogens (tertiary/aromatic N) is 1. The first-order valence-corrected chi connectivity index (χ1v) is 7.55. The topological polar surface area (TPSA) is 12.5 Å². The fraction of sp³-hybridized carbons (Fsp3) is 0.625. The molecule has 2 rings (SSSR count). The molecule has 0 amide bonds. The summed E-state index contributed by atoms with van der Waals surface area (Å²) in [4.78, 5) is 2.48. The highest BCUT2D eigenvalue weighted by Crippen LogP contribution is 2.28. The summed E-state index contributed by atoms with van der Waals surface area (Å²) in [6.07, 6.45) is 1.08. The van der Waals surface area contributed by atoms with E-state index in [0.717, 1.165) is 44.3 Å². The van der Waals surface area contributed by atoms with E-state index in [4.69, 9.17) is 16.3 Å². The number of benzene rings is 1. The van der Waals surface area contributed by atoms with Crippen LogP contribution in [0.15, 0.2) is 12.1 Å². The molecule has 0 aliphatic carbocycles. The number of ether oxygens (including phenoxy) is 1. The summed E-state index contributed by atoms with van der Waals surface area (Å²) in [5.74, 6) is 0.552. The molecule has 1 saturated heterocycles. The summed E-state index contributed by atoms with van der Waals surface area (Å²) in [6.45, 7) is 11.6. The second-order valence-electron chi connectivity index (χ2n) is 5.60. The highest BCUT2D eigenvalue weighted by molar-refractivity contribution is 6.31. The van der Waals surface area contributed by atoms with Crippen molar-refractivity contribution in [2.24, 2.45) is 0 Å². The van der Waals surface area contributed by atoms with E-state index in [1.54, 1.807) is 0 Å². The van der Waals surface area contributed by atoms with Gasteiger partial charge in [-0.1, -0.05) is 31.5 Å². The normalized spacial score (nSPS) is 17.1. The zero-order valence-electron chi connectivity index (χ0n) is 12.2. The summed E-state index contributed by atoms with van der Waals surface area (Å²) >= 11 is 6.28. The van der Waals surface area contributed by atoms with Crippen molar-refractivity contribution in [2.75, 3.05) is 32.8 Å².